The van der Waals surface area contributed by atoms with Crippen molar-refractivity contribution in [1.29, 1.82) is 0 Å². The molecule has 1 aliphatic rings. The lowest BCUT2D eigenvalue weighted by atomic mass is 10.1. The van der Waals surface area contributed by atoms with E-state index in [9.17, 15) is 4.79 Å². The number of rotatable bonds is 8. The van der Waals surface area contributed by atoms with Gasteiger partial charge in [-0.05, 0) is 64.4 Å². The van der Waals surface area contributed by atoms with Crippen LogP contribution in [0.5, 0.6) is 0 Å². The van der Waals surface area contributed by atoms with E-state index in [2.05, 4.69) is 55.6 Å². The fraction of sp³-hybridized carbons (Fsp3) is 0.393. The molecular formula is C28H33N5O3. The minimum absolute atomic E-state index is 0.135. The molecule has 0 atom stereocenters. The van der Waals surface area contributed by atoms with E-state index in [1.165, 1.54) is 5.69 Å². The first-order chi connectivity index (χ1) is 17.5. The molecule has 36 heavy (non-hydrogen) atoms. The Bertz CT molecular complexity index is 1340. The molecule has 4 aromatic rings. The van der Waals surface area contributed by atoms with E-state index < -0.39 is 0 Å². The van der Waals surface area contributed by atoms with Crippen molar-refractivity contribution in [1.82, 2.24) is 20.4 Å². The van der Waals surface area contributed by atoms with Crippen molar-refractivity contribution >= 4 is 22.7 Å². The molecule has 0 unspecified atom stereocenters. The monoisotopic (exact) mass is 487 g/mol. The largest absolute Gasteiger partial charge is 0.466 e. The summed E-state index contributed by atoms with van der Waals surface area (Å²) in [6.07, 6.45) is 1.97. The number of hydrogen-bond acceptors (Lipinski definition) is 7. The van der Waals surface area contributed by atoms with Crippen molar-refractivity contribution in [2.24, 2.45) is 0 Å². The summed E-state index contributed by atoms with van der Waals surface area (Å²) < 4.78 is 11.1. The first kappa shape index (κ1) is 24.1. The predicted octanol–water partition coefficient (Wildman–Crippen LogP) is 4.74. The maximum Gasteiger partial charge on any atom is 0.259 e. The van der Waals surface area contributed by atoms with Gasteiger partial charge in [0.2, 0.25) is 0 Å². The van der Waals surface area contributed by atoms with E-state index in [1.54, 1.807) is 0 Å². The number of unbranched alkanes of at least 4 members (excludes halogenated alkanes) is 1. The molecule has 0 spiro atoms. The number of pyridine rings is 1. The number of furan rings is 1. The van der Waals surface area contributed by atoms with Crippen molar-refractivity contribution < 1.29 is 13.7 Å². The van der Waals surface area contributed by atoms with Crippen molar-refractivity contribution in [3.63, 3.8) is 0 Å². The number of para-hydroxylation sites is 1. The first-order valence-electron chi connectivity index (χ1n) is 12.6. The van der Waals surface area contributed by atoms with Gasteiger partial charge >= 0.3 is 0 Å². The summed E-state index contributed by atoms with van der Waals surface area (Å²) in [4.78, 5) is 22.7. The molecule has 4 heterocycles. The van der Waals surface area contributed by atoms with Gasteiger partial charge < -0.3 is 19.2 Å². The smallest absolute Gasteiger partial charge is 0.259 e. The molecule has 8 nitrogen and oxygen atoms in total. The number of carbonyl (C=O) groups is 1. The Morgan fingerprint density at radius 2 is 1.81 bits per heavy atom. The molecule has 3 aromatic heterocycles. The minimum Gasteiger partial charge on any atom is -0.466 e. The molecule has 1 fully saturated rings. The molecule has 5 rings (SSSR count). The molecule has 1 saturated heterocycles. The van der Waals surface area contributed by atoms with E-state index in [-0.39, 0.29) is 5.91 Å². The Balaban J connectivity index is 1.15. The van der Waals surface area contributed by atoms with Gasteiger partial charge in [0.05, 0.1) is 22.3 Å². The Labute approximate surface area is 211 Å². The second kappa shape index (κ2) is 10.5. The molecular weight excluding hydrogens is 454 g/mol. The number of aryl methyl sites for hydroxylation is 3. The van der Waals surface area contributed by atoms with Gasteiger partial charge in [-0.25, -0.2) is 4.98 Å². The van der Waals surface area contributed by atoms with E-state index in [0.717, 1.165) is 62.6 Å². The molecule has 188 valence electrons. The van der Waals surface area contributed by atoms with Crippen LogP contribution in [0.25, 0.3) is 22.4 Å². The molecule has 1 aliphatic heterocycles. The number of anilines is 1. The number of aromatic nitrogens is 2. The van der Waals surface area contributed by atoms with Crippen LogP contribution in [0.2, 0.25) is 0 Å². The highest BCUT2D eigenvalue weighted by Crippen LogP contribution is 2.30. The molecule has 0 radical (unpaired) electrons. The zero-order valence-corrected chi connectivity index (χ0v) is 21.2. The molecule has 0 aliphatic carbocycles. The summed E-state index contributed by atoms with van der Waals surface area (Å²) >= 11 is 0. The Hall–Kier alpha value is -3.65. The number of carbonyl (C=O) groups excluding carboxylic acids is 1. The van der Waals surface area contributed by atoms with Crippen LogP contribution in [-0.2, 0) is 0 Å². The van der Waals surface area contributed by atoms with Gasteiger partial charge in [-0.3, -0.25) is 9.69 Å². The average molecular weight is 488 g/mol. The highest BCUT2D eigenvalue weighted by molar-refractivity contribution is 6.07. The molecule has 1 aromatic carbocycles. The van der Waals surface area contributed by atoms with Crippen molar-refractivity contribution in [2.45, 2.75) is 33.6 Å². The van der Waals surface area contributed by atoms with E-state index in [0.29, 0.717) is 34.6 Å². The summed E-state index contributed by atoms with van der Waals surface area (Å²) in [5.41, 5.74) is 4.35. The number of fused-ring (bicyclic) bond motifs is 1. The molecule has 1 N–H and O–H groups in total. The lowest BCUT2D eigenvalue weighted by Gasteiger charge is -2.36. The van der Waals surface area contributed by atoms with E-state index >= 15 is 0 Å². The zero-order chi connectivity index (χ0) is 25.1. The standard InChI is InChI=1S/C28H33N5O3/c1-19-17-23(21(3)35-19)25-18-24(26-20(2)31-36-28(26)30-25)27(34)29-11-7-8-12-32-13-15-33(16-14-32)22-9-5-4-6-10-22/h4-6,9-10,17-18H,7-8,11-16H2,1-3H3,(H,29,34). The number of hydrogen-bond donors (Lipinski definition) is 1. The number of nitrogens with one attached hydrogen (secondary N) is 1. The number of amides is 1. The summed E-state index contributed by atoms with van der Waals surface area (Å²) in [6.45, 7) is 11.5. The van der Waals surface area contributed by atoms with Gasteiger partial charge in [-0.1, -0.05) is 23.4 Å². The number of piperazine rings is 1. The quantitative estimate of drug-likeness (QED) is 0.359. The zero-order valence-electron chi connectivity index (χ0n) is 21.2. The highest BCUT2D eigenvalue weighted by Gasteiger charge is 2.21. The van der Waals surface area contributed by atoms with Gasteiger partial charge in [0, 0.05) is 44.0 Å². The minimum atomic E-state index is -0.135. The van der Waals surface area contributed by atoms with Gasteiger partial charge in [0.15, 0.2) is 0 Å². The SMILES string of the molecule is Cc1cc(-c2cc(C(=O)NCCCCN3CCN(c4ccccc4)CC3)c3c(C)noc3n2)c(C)o1. The van der Waals surface area contributed by atoms with Gasteiger partial charge in [-0.2, -0.15) is 0 Å². The van der Waals surface area contributed by atoms with Crippen LogP contribution in [0.15, 0.2) is 51.4 Å². The summed E-state index contributed by atoms with van der Waals surface area (Å²) in [7, 11) is 0. The fourth-order valence-corrected chi connectivity index (χ4v) is 4.92. The predicted molar refractivity (Wildman–Crippen MR) is 140 cm³/mol. The molecule has 0 bridgehead atoms. The Kier molecular flexibility index (Phi) is 7.04. The third-order valence-corrected chi connectivity index (χ3v) is 6.86. The summed E-state index contributed by atoms with van der Waals surface area (Å²) in [5, 5.41) is 7.78. The normalized spacial score (nSPS) is 14.5. The van der Waals surface area contributed by atoms with Crippen LogP contribution in [0.3, 0.4) is 0 Å². The second-order valence-electron chi connectivity index (χ2n) is 9.46. The third-order valence-electron chi connectivity index (χ3n) is 6.86. The number of benzene rings is 1. The molecule has 1 amide bonds. The van der Waals surface area contributed by atoms with Crippen molar-refractivity contribution in [2.75, 3.05) is 44.2 Å². The lowest BCUT2D eigenvalue weighted by Crippen LogP contribution is -2.46. The lowest BCUT2D eigenvalue weighted by molar-refractivity contribution is 0.0954. The second-order valence-corrected chi connectivity index (χ2v) is 9.46. The Morgan fingerprint density at radius 3 is 2.53 bits per heavy atom. The summed E-state index contributed by atoms with van der Waals surface area (Å²) in [6, 6.07) is 14.3. The van der Waals surface area contributed by atoms with Crippen LogP contribution in [0.1, 0.15) is 40.4 Å². The van der Waals surface area contributed by atoms with Crippen molar-refractivity contribution in [3.8, 4) is 11.3 Å². The number of nitrogens with zero attached hydrogens (tertiary/aromatic N) is 4. The van der Waals surface area contributed by atoms with Crippen molar-refractivity contribution in [3.05, 3.63) is 65.2 Å². The van der Waals surface area contributed by atoms with Crippen LogP contribution in [-0.4, -0.2) is 60.2 Å². The van der Waals surface area contributed by atoms with Gasteiger partial charge in [0.25, 0.3) is 11.6 Å². The topological polar surface area (TPSA) is 87.6 Å². The van der Waals surface area contributed by atoms with E-state index in [1.807, 2.05) is 32.9 Å². The Morgan fingerprint density at radius 1 is 1.03 bits per heavy atom. The van der Waals surface area contributed by atoms with Crippen LogP contribution >= 0.6 is 0 Å². The fourth-order valence-electron chi connectivity index (χ4n) is 4.92. The maximum absolute atomic E-state index is 13.2. The van der Waals surface area contributed by atoms with Gasteiger partial charge in [0.1, 0.15) is 11.5 Å². The van der Waals surface area contributed by atoms with Gasteiger partial charge in [-0.15, -0.1) is 0 Å². The van der Waals surface area contributed by atoms with Crippen LogP contribution in [0.4, 0.5) is 5.69 Å². The third kappa shape index (κ3) is 5.14. The summed E-state index contributed by atoms with van der Waals surface area (Å²) in [5.74, 6) is 1.42. The molecule has 8 heteroatoms. The highest BCUT2D eigenvalue weighted by atomic mass is 16.5. The van der Waals surface area contributed by atoms with Crippen LogP contribution in [0, 0.1) is 20.8 Å². The first-order valence-corrected chi connectivity index (χ1v) is 12.6. The van der Waals surface area contributed by atoms with E-state index in [4.69, 9.17) is 8.94 Å². The maximum atomic E-state index is 13.2. The van der Waals surface area contributed by atoms with Crippen LogP contribution < -0.4 is 10.2 Å². The molecule has 0 saturated carbocycles. The average Bonchev–Trinajstić information content (AvgIpc) is 3.44.